The molecule has 2 rings (SSSR count). The summed E-state index contributed by atoms with van der Waals surface area (Å²) in [6.07, 6.45) is -0.777. The second-order valence-corrected chi connectivity index (χ2v) is 4.02. The molecule has 1 aliphatic heterocycles. The number of alkyl carbamates (subject to hydrolysis) is 1. The van der Waals surface area contributed by atoms with Crippen LogP contribution in [0.1, 0.15) is 0 Å². The number of carboxylic acids is 1. The van der Waals surface area contributed by atoms with Crippen molar-refractivity contribution in [3.05, 3.63) is 30.3 Å². The van der Waals surface area contributed by atoms with Crippen molar-refractivity contribution >= 4 is 17.7 Å². The van der Waals surface area contributed by atoms with E-state index in [2.05, 4.69) is 5.32 Å². The Hall–Kier alpha value is -2.24. The zero-order valence-corrected chi connectivity index (χ0v) is 9.70. The van der Waals surface area contributed by atoms with Crippen LogP contribution in [0.5, 0.6) is 0 Å². The van der Waals surface area contributed by atoms with Gasteiger partial charge in [0.05, 0.1) is 13.1 Å². The van der Waals surface area contributed by atoms with Crippen molar-refractivity contribution in [1.82, 2.24) is 5.32 Å². The number of aliphatic carboxylic acids is 1. The Morgan fingerprint density at radius 3 is 2.72 bits per heavy atom. The van der Waals surface area contributed by atoms with Gasteiger partial charge in [0.25, 0.3) is 0 Å². The maximum atomic E-state index is 10.9. The first-order valence-corrected chi connectivity index (χ1v) is 5.61. The van der Waals surface area contributed by atoms with Gasteiger partial charge in [-0.3, -0.25) is 4.79 Å². The quantitative estimate of drug-likeness (QED) is 0.803. The molecule has 1 amide bonds. The molecule has 0 aliphatic carbocycles. The number of ether oxygens (including phenoxy) is 1. The largest absolute Gasteiger partial charge is 0.480 e. The number of cyclic esters (lactones) is 1. The van der Waals surface area contributed by atoms with Crippen LogP contribution in [-0.2, 0) is 9.53 Å². The predicted octanol–water partition coefficient (Wildman–Crippen LogP) is 0.686. The van der Waals surface area contributed by atoms with Gasteiger partial charge in [0, 0.05) is 5.69 Å². The lowest BCUT2D eigenvalue weighted by molar-refractivity contribution is -0.135. The lowest BCUT2D eigenvalue weighted by atomic mass is 10.2. The topological polar surface area (TPSA) is 78.9 Å². The molecule has 1 aromatic rings. The van der Waals surface area contributed by atoms with Crippen LogP contribution in [0.3, 0.4) is 0 Å². The minimum absolute atomic E-state index is 0.127. The average molecular weight is 250 g/mol. The zero-order chi connectivity index (χ0) is 13.0. The van der Waals surface area contributed by atoms with Crippen LogP contribution >= 0.6 is 0 Å². The van der Waals surface area contributed by atoms with Gasteiger partial charge in [0.1, 0.15) is 12.6 Å². The Morgan fingerprint density at radius 1 is 1.44 bits per heavy atom. The number of carbonyl (C=O) groups is 2. The molecular formula is C12H14N2O4. The molecule has 0 aromatic heterocycles. The molecule has 1 saturated heterocycles. The minimum atomic E-state index is -0.920. The Bertz CT molecular complexity index is 435. The van der Waals surface area contributed by atoms with E-state index in [1.165, 1.54) is 0 Å². The highest BCUT2D eigenvalue weighted by molar-refractivity contribution is 5.74. The number of nitrogens with zero attached hydrogens (tertiary/aromatic N) is 1. The number of amides is 1. The lowest BCUT2D eigenvalue weighted by Gasteiger charge is -2.24. The maximum Gasteiger partial charge on any atom is 0.407 e. The highest BCUT2D eigenvalue weighted by Crippen LogP contribution is 2.15. The van der Waals surface area contributed by atoms with Crippen LogP contribution in [0, 0.1) is 0 Å². The van der Waals surface area contributed by atoms with Gasteiger partial charge in [-0.15, -0.1) is 0 Å². The Morgan fingerprint density at radius 2 is 2.17 bits per heavy atom. The molecule has 1 atom stereocenters. The van der Waals surface area contributed by atoms with E-state index in [1.54, 1.807) is 4.90 Å². The molecule has 96 valence electrons. The Kier molecular flexibility index (Phi) is 3.66. The van der Waals surface area contributed by atoms with Crippen LogP contribution in [0.4, 0.5) is 10.5 Å². The van der Waals surface area contributed by atoms with Gasteiger partial charge in [-0.2, -0.15) is 0 Å². The monoisotopic (exact) mass is 250 g/mol. The van der Waals surface area contributed by atoms with Gasteiger partial charge < -0.3 is 20.1 Å². The number of anilines is 1. The fourth-order valence-corrected chi connectivity index (χ4v) is 1.84. The summed E-state index contributed by atoms with van der Waals surface area (Å²) in [6, 6.07) is 9.19. The van der Waals surface area contributed by atoms with Crippen LogP contribution in [0.2, 0.25) is 0 Å². The number of hydrogen-bond donors (Lipinski definition) is 2. The standard InChI is InChI=1S/C12H14N2O4/c15-11(16)8-14(9-4-2-1-3-5-9)7-10-6-13-12(17)18-10/h1-5,10H,6-8H2,(H,13,17)(H,15,16). The second-order valence-electron chi connectivity index (χ2n) is 4.02. The molecule has 0 saturated carbocycles. The molecule has 1 heterocycles. The fourth-order valence-electron chi connectivity index (χ4n) is 1.84. The number of rotatable bonds is 5. The minimum Gasteiger partial charge on any atom is -0.480 e. The van der Waals surface area contributed by atoms with E-state index in [0.29, 0.717) is 13.1 Å². The zero-order valence-electron chi connectivity index (χ0n) is 9.70. The van der Waals surface area contributed by atoms with Crippen molar-refractivity contribution in [2.45, 2.75) is 6.10 Å². The van der Waals surface area contributed by atoms with E-state index in [9.17, 15) is 9.59 Å². The Labute approximate surface area is 104 Å². The SMILES string of the molecule is O=C(O)CN(CC1CNC(=O)O1)c1ccccc1. The first-order valence-electron chi connectivity index (χ1n) is 5.61. The number of benzene rings is 1. The first kappa shape index (κ1) is 12.2. The summed E-state index contributed by atoms with van der Waals surface area (Å²) in [6.45, 7) is 0.634. The van der Waals surface area contributed by atoms with E-state index >= 15 is 0 Å². The highest BCUT2D eigenvalue weighted by atomic mass is 16.6. The van der Waals surface area contributed by atoms with Gasteiger partial charge in [-0.25, -0.2) is 4.79 Å². The van der Waals surface area contributed by atoms with Crippen LogP contribution < -0.4 is 10.2 Å². The number of carboxylic acid groups (broad SMARTS) is 1. The molecule has 6 nitrogen and oxygen atoms in total. The Balaban J connectivity index is 2.06. The summed E-state index contributed by atoms with van der Waals surface area (Å²) in [5.41, 5.74) is 0.794. The van der Waals surface area contributed by atoms with Gasteiger partial charge >= 0.3 is 12.1 Å². The van der Waals surface area contributed by atoms with Crippen molar-refractivity contribution in [2.24, 2.45) is 0 Å². The predicted molar refractivity (Wildman–Crippen MR) is 64.6 cm³/mol. The molecule has 2 N–H and O–H groups in total. The van der Waals surface area contributed by atoms with E-state index < -0.39 is 12.1 Å². The molecule has 1 unspecified atom stereocenters. The number of para-hydroxylation sites is 1. The van der Waals surface area contributed by atoms with Crippen molar-refractivity contribution in [3.8, 4) is 0 Å². The van der Waals surface area contributed by atoms with E-state index in [-0.39, 0.29) is 12.6 Å². The van der Waals surface area contributed by atoms with Crippen LogP contribution in [0.15, 0.2) is 30.3 Å². The third-order valence-electron chi connectivity index (χ3n) is 2.62. The molecule has 1 aliphatic rings. The van der Waals surface area contributed by atoms with Gasteiger partial charge in [0.15, 0.2) is 0 Å². The van der Waals surface area contributed by atoms with Crippen molar-refractivity contribution in [1.29, 1.82) is 0 Å². The van der Waals surface area contributed by atoms with Crippen LogP contribution in [0.25, 0.3) is 0 Å². The van der Waals surface area contributed by atoms with E-state index in [0.717, 1.165) is 5.69 Å². The number of carbonyl (C=O) groups excluding carboxylic acids is 1. The third-order valence-corrected chi connectivity index (χ3v) is 2.62. The van der Waals surface area contributed by atoms with Crippen molar-refractivity contribution < 1.29 is 19.4 Å². The molecule has 1 fully saturated rings. The van der Waals surface area contributed by atoms with Gasteiger partial charge in [0.2, 0.25) is 0 Å². The molecular weight excluding hydrogens is 236 g/mol. The normalized spacial score (nSPS) is 18.0. The summed E-state index contributed by atoms with van der Waals surface area (Å²) in [5.74, 6) is -0.920. The van der Waals surface area contributed by atoms with Crippen molar-refractivity contribution in [3.63, 3.8) is 0 Å². The summed E-state index contributed by atoms with van der Waals surface area (Å²) >= 11 is 0. The molecule has 0 bridgehead atoms. The lowest BCUT2D eigenvalue weighted by Crippen LogP contribution is -2.37. The maximum absolute atomic E-state index is 10.9. The molecule has 6 heteroatoms. The first-order chi connectivity index (χ1) is 8.65. The fraction of sp³-hybridized carbons (Fsp3) is 0.333. The third kappa shape index (κ3) is 3.13. The summed E-state index contributed by atoms with van der Waals surface area (Å²) in [5, 5.41) is 11.5. The van der Waals surface area contributed by atoms with Crippen molar-refractivity contribution in [2.75, 3.05) is 24.5 Å². The van der Waals surface area contributed by atoms with E-state index in [4.69, 9.17) is 9.84 Å². The molecule has 1 aromatic carbocycles. The average Bonchev–Trinajstić information content (AvgIpc) is 2.75. The van der Waals surface area contributed by atoms with Crippen LogP contribution in [-0.4, -0.2) is 42.9 Å². The second kappa shape index (κ2) is 5.39. The number of nitrogens with one attached hydrogen (secondary N) is 1. The smallest absolute Gasteiger partial charge is 0.407 e. The van der Waals surface area contributed by atoms with Gasteiger partial charge in [-0.05, 0) is 12.1 Å². The molecule has 18 heavy (non-hydrogen) atoms. The summed E-state index contributed by atoms with van der Waals surface area (Å²) in [4.78, 5) is 23.5. The molecule has 0 spiro atoms. The van der Waals surface area contributed by atoms with Gasteiger partial charge in [-0.1, -0.05) is 18.2 Å². The van der Waals surface area contributed by atoms with E-state index in [1.807, 2.05) is 30.3 Å². The summed E-state index contributed by atoms with van der Waals surface area (Å²) < 4.78 is 5.01. The summed E-state index contributed by atoms with van der Waals surface area (Å²) in [7, 11) is 0. The number of hydrogen-bond acceptors (Lipinski definition) is 4. The highest BCUT2D eigenvalue weighted by Gasteiger charge is 2.25. The molecule has 0 radical (unpaired) electrons.